The minimum absolute atomic E-state index is 0.0276. The van der Waals surface area contributed by atoms with Crippen molar-refractivity contribution >= 4 is 23.5 Å². The Hall–Kier alpha value is -3.15. The molecule has 0 radical (unpaired) electrons. The molecule has 0 spiro atoms. The Bertz CT molecular complexity index is 1220. The molecule has 2 aromatic heterocycles. The molecule has 0 unspecified atom stereocenters. The highest BCUT2D eigenvalue weighted by molar-refractivity contribution is 6.30. The molecule has 3 aliphatic rings. The van der Waals surface area contributed by atoms with Gasteiger partial charge in [0.1, 0.15) is 13.2 Å². The summed E-state index contributed by atoms with van der Waals surface area (Å²) in [6.45, 7) is 6.42. The average Bonchev–Trinajstić information content (AvgIpc) is 3.61. The molecule has 2 atom stereocenters. The second-order valence-electron chi connectivity index (χ2n) is 9.09. The number of nitrogens with one attached hydrogen (secondary N) is 2. The van der Waals surface area contributed by atoms with Crippen LogP contribution in [0.5, 0.6) is 0 Å². The third-order valence-corrected chi connectivity index (χ3v) is 7.01. The van der Waals surface area contributed by atoms with Crippen molar-refractivity contribution in [2.24, 2.45) is 0 Å². The topological polar surface area (TPSA) is 114 Å². The van der Waals surface area contributed by atoms with Crippen LogP contribution in [-0.4, -0.2) is 70.1 Å². The van der Waals surface area contributed by atoms with Gasteiger partial charge in [-0.05, 0) is 31.0 Å². The summed E-state index contributed by atoms with van der Waals surface area (Å²) in [5, 5.41) is 8.22. The second kappa shape index (κ2) is 9.14. The second-order valence-corrected chi connectivity index (χ2v) is 9.53. The number of imidazole rings is 1. The molecule has 3 aliphatic heterocycles. The molecule has 1 amide bonds. The number of carbonyl (C=O) groups excluding carboxylic acids is 1. The fourth-order valence-corrected chi connectivity index (χ4v) is 5.00. The van der Waals surface area contributed by atoms with Crippen molar-refractivity contribution in [1.29, 1.82) is 0 Å². The van der Waals surface area contributed by atoms with Gasteiger partial charge in [0.25, 0.3) is 5.91 Å². The monoisotopic (exact) mass is 498 g/mol. The van der Waals surface area contributed by atoms with Gasteiger partial charge in [0.15, 0.2) is 11.5 Å². The maximum atomic E-state index is 13.3. The van der Waals surface area contributed by atoms with Crippen molar-refractivity contribution in [2.45, 2.75) is 31.9 Å². The fourth-order valence-electron chi connectivity index (χ4n) is 4.88. The number of nitrogens with zero attached hydrogens (tertiary/aromatic N) is 6. The minimum Gasteiger partial charge on any atom is -0.373 e. The molecule has 2 fully saturated rings. The first-order chi connectivity index (χ1) is 17.1. The third kappa shape index (κ3) is 4.24. The smallest absolute Gasteiger partial charge is 0.276 e. The summed E-state index contributed by atoms with van der Waals surface area (Å²) >= 11 is 5.99. The van der Waals surface area contributed by atoms with Crippen molar-refractivity contribution in [3.8, 4) is 0 Å². The Morgan fingerprint density at radius 2 is 1.97 bits per heavy atom. The van der Waals surface area contributed by atoms with Crippen molar-refractivity contribution in [2.75, 3.05) is 49.8 Å². The van der Waals surface area contributed by atoms with Gasteiger partial charge >= 0.3 is 0 Å². The lowest BCUT2D eigenvalue weighted by Crippen LogP contribution is -2.48. The highest BCUT2D eigenvalue weighted by Gasteiger charge is 2.34. The number of hydrogen-bond donors (Lipinski definition) is 2. The van der Waals surface area contributed by atoms with Crippen LogP contribution < -0.4 is 15.6 Å². The van der Waals surface area contributed by atoms with Crippen LogP contribution in [0.15, 0.2) is 28.8 Å². The van der Waals surface area contributed by atoms with Crippen molar-refractivity contribution in [1.82, 2.24) is 30.0 Å². The number of fused-ring (bicyclic) bond motifs is 1. The molecule has 0 bridgehead atoms. The molecule has 2 N–H and O–H groups in total. The van der Waals surface area contributed by atoms with Gasteiger partial charge in [-0.15, -0.1) is 0 Å². The standard InChI is InChI=1S/C23H27ClN8O3/c1-14-20-22(33)31(13-26-32(20)23(27-14)30-8-6-25-7-9-30)11-19-28-21(29-35-19)16-10-18(34-12-16)15-2-4-17(24)5-3-15/h2-5,16,18,25-26H,6-13H2,1H3/t16-,18+/m0/s1. The maximum Gasteiger partial charge on any atom is 0.276 e. The molecule has 35 heavy (non-hydrogen) atoms. The lowest BCUT2D eigenvalue weighted by Gasteiger charge is -2.32. The summed E-state index contributed by atoms with van der Waals surface area (Å²) in [4.78, 5) is 26.4. The van der Waals surface area contributed by atoms with Gasteiger partial charge in [-0.25, -0.2) is 9.66 Å². The van der Waals surface area contributed by atoms with Crippen molar-refractivity contribution in [3.63, 3.8) is 0 Å². The maximum absolute atomic E-state index is 13.3. The minimum atomic E-state index is -0.109. The number of halogens is 1. The SMILES string of the molecule is Cc1nc(N2CCNCC2)n2c1C(=O)N(Cc1nc([C@@H]3CO[C@@H](c4ccc(Cl)cc4)C3)no1)CN2. The summed E-state index contributed by atoms with van der Waals surface area (Å²) in [6.07, 6.45) is 0.734. The van der Waals surface area contributed by atoms with Crippen LogP contribution in [0.25, 0.3) is 0 Å². The number of carbonyl (C=O) groups is 1. The Labute approximate surface area is 207 Å². The zero-order valence-electron chi connectivity index (χ0n) is 19.4. The highest BCUT2D eigenvalue weighted by atomic mass is 35.5. The summed E-state index contributed by atoms with van der Waals surface area (Å²) < 4.78 is 13.3. The molecule has 12 heteroatoms. The van der Waals surface area contributed by atoms with E-state index in [0.717, 1.165) is 44.1 Å². The summed E-state index contributed by atoms with van der Waals surface area (Å²) in [5.74, 6) is 1.72. The molecule has 6 rings (SSSR count). The van der Waals surface area contributed by atoms with Gasteiger partial charge in [0.05, 0.1) is 18.4 Å². The van der Waals surface area contributed by atoms with Gasteiger partial charge in [-0.3, -0.25) is 4.79 Å². The lowest BCUT2D eigenvalue weighted by atomic mass is 10.0. The number of piperazine rings is 1. The Morgan fingerprint density at radius 1 is 1.17 bits per heavy atom. The van der Waals surface area contributed by atoms with Gasteiger partial charge in [0.2, 0.25) is 11.8 Å². The lowest BCUT2D eigenvalue weighted by molar-refractivity contribution is 0.0696. The average molecular weight is 499 g/mol. The van der Waals surface area contributed by atoms with Crippen LogP contribution in [0.3, 0.4) is 0 Å². The van der Waals surface area contributed by atoms with Crippen LogP contribution in [0.1, 0.15) is 51.9 Å². The number of amides is 1. The third-order valence-electron chi connectivity index (χ3n) is 6.76. The fraction of sp³-hybridized carbons (Fsp3) is 0.478. The molecule has 11 nitrogen and oxygen atoms in total. The first-order valence-corrected chi connectivity index (χ1v) is 12.2. The Kier molecular flexibility index (Phi) is 5.83. The van der Waals surface area contributed by atoms with E-state index in [-0.39, 0.29) is 24.5 Å². The summed E-state index contributed by atoms with van der Waals surface area (Å²) in [6, 6.07) is 7.69. The van der Waals surface area contributed by atoms with Gasteiger partial charge in [0, 0.05) is 37.1 Å². The Balaban J connectivity index is 1.12. The van der Waals surface area contributed by atoms with Crippen LogP contribution in [0.4, 0.5) is 5.95 Å². The molecule has 1 aromatic carbocycles. The van der Waals surface area contributed by atoms with Crippen molar-refractivity contribution < 1.29 is 14.1 Å². The van der Waals surface area contributed by atoms with Crippen LogP contribution in [0, 0.1) is 6.92 Å². The van der Waals surface area contributed by atoms with E-state index in [2.05, 4.69) is 30.8 Å². The largest absolute Gasteiger partial charge is 0.373 e. The van der Waals surface area contributed by atoms with E-state index in [4.69, 9.17) is 20.9 Å². The molecule has 0 saturated carbocycles. The Morgan fingerprint density at radius 3 is 2.77 bits per heavy atom. The van der Waals surface area contributed by atoms with Crippen molar-refractivity contribution in [3.05, 3.63) is 58.0 Å². The van der Waals surface area contributed by atoms with E-state index in [1.807, 2.05) is 35.9 Å². The highest BCUT2D eigenvalue weighted by Crippen LogP contribution is 2.37. The van der Waals surface area contributed by atoms with Gasteiger partial charge in [-0.2, -0.15) is 4.98 Å². The number of ether oxygens (including phenoxy) is 1. The zero-order chi connectivity index (χ0) is 23.9. The van der Waals surface area contributed by atoms with Crippen LogP contribution in [-0.2, 0) is 11.3 Å². The molecule has 5 heterocycles. The van der Waals surface area contributed by atoms with Crippen LogP contribution in [0.2, 0.25) is 5.02 Å². The number of benzene rings is 1. The molecule has 3 aromatic rings. The molecule has 184 valence electrons. The number of aryl methyl sites for hydroxylation is 1. The van der Waals surface area contributed by atoms with E-state index in [9.17, 15) is 4.79 Å². The van der Waals surface area contributed by atoms with Crippen LogP contribution >= 0.6 is 11.6 Å². The van der Waals surface area contributed by atoms with E-state index < -0.39 is 0 Å². The molecular formula is C23H27ClN8O3. The van der Waals surface area contributed by atoms with E-state index in [1.165, 1.54) is 0 Å². The number of anilines is 1. The predicted octanol–water partition coefficient (Wildman–Crippen LogP) is 2.04. The summed E-state index contributed by atoms with van der Waals surface area (Å²) in [5.41, 5.74) is 5.64. The van der Waals surface area contributed by atoms with E-state index in [0.29, 0.717) is 41.4 Å². The predicted molar refractivity (Wildman–Crippen MR) is 128 cm³/mol. The first kappa shape index (κ1) is 22.3. The zero-order valence-corrected chi connectivity index (χ0v) is 20.2. The van der Waals surface area contributed by atoms with Gasteiger partial charge < -0.3 is 29.8 Å². The van der Waals surface area contributed by atoms with E-state index in [1.54, 1.807) is 4.90 Å². The quantitative estimate of drug-likeness (QED) is 0.545. The number of aromatic nitrogens is 4. The first-order valence-electron chi connectivity index (χ1n) is 11.8. The summed E-state index contributed by atoms with van der Waals surface area (Å²) in [7, 11) is 0. The van der Waals surface area contributed by atoms with E-state index >= 15 is 0 Å². The number of hydrogen-bond acceptors (Lipinski definition) is 9. The van der Waals surface area contributed by atoms with Gasteiger partial charge in [-0.1, -0.05) is 28.9 Å². The molecular weight excluding hydrogens is 472 g/mol. The number of rotatable bonds is 5. The molecule has 2 saturated heterocycles. The normalized spacial score (nSPS) is 22.4. The molecule has 0 aliphatic carbocycles.